The van der Waals surface area contributed by atoms with Crippen LogP contribution in [-0.2, 0) is 9.59 Å². The highest BCUT2D eigenvalue weighted by Gasteiger charge is 2.36. The molecule has 1 aliphatic heterocycles. The highest BCUT2D eigenvalue weighted by Crippen LogP contribution is 2.28. The number of likely N-dealkylation sites (tertiary alicyclic amines) is 1. The van der Waals surface area contributed by atoms with E-state index in [1.807, 2.05) is 37.3 Å². The summed E-state index contributed by atoms with van der Waals surface area (Å²) in [5.74, 6) is -0.0937. The fourth-order valence-corrected chi connectivity index (χ4v) is 3.18. The number of carbonyl (C=O) groups excluding carboxylic acids is 2. The van der Waals surface area contributed by atoms with Gasteiger partial charge in [0.05, 0.1) is 5.60 Å². The number of rotatable bonds is 6. The molecule has 1 atom stereocenters. The van der Waals surface area contributed by atoms with Crippen LogP contribution in [0.1, 0.15) is 51.6 Å². The van der Waals surface area contributed by atoms with E-state index in [0.29, 0.717) is 19.5 Å². The Morgan fingerprint density at radius 2 is 1.96 bits per heavy atom. The van der Waals surface area contributed by atoms with Crippen molar-refractivity contribution in [1.82, 2.24) is 9.80 Å². The molecule has 2 rings (SSSR count). The van der Waals surface area contributed by atoms with Crippen molar-refractivity contribution in [2.24, 2.45) is 0 Å². The first-order chi connectivity index (χ1) is 11.3. The molecular weight excluding hydrogens is 304 g/mol. The molecule has 0 saturated carbocycles. The Morgan fingerprint density at radius 3 is 2.50 bits per heavy atom. The summed E-state index contributed by atoms with van der Waals surface area (Å²) < 4.78 is 0. The monoisotopic (exact) mass is 332 g/mol. The number of nitrogens with zero attached hydrogens (tertiary/aromatic N) is 2. The molecular formula is C19H28N2O3. The van der Waals surface area contributed by atoms with E-state index in [-0.39, 0.29) is 18.4 Å². The molecule has 24 heavy (non-hydrogen) atoms. The first kappa shape index (κ1) is 18.5. The Kier molecular flexibility index (Phi) is 5.99. The normalized spacial score (nSPS) is 16.8. The van der Waals surface area contributed by atoms with Crippen LogP contribution in [0.3, 0.4) is 0 Å². The molecule has 0 bridgehead atoms. The molecule has 1 heterocycles. The molecule has 1 unspecified atom stereocenters. The molecule has 0 radical (unpaired) electrons. The molecule has 1 aromatic carbocycles. The summed E-state index contributed by atoms with van der Waals surface area (Å²) in [6.45, 7) is 6.61. The fraction of sp³-hybridized carbons (Fsp3) is 0.579. The van der Waals surface area contributed by atoms with E-state index in [1.165, 1.54) is 0 Å². The van der Waals surface area contributed by atoms with Crippen molar-refractivity contribution >= 4 is 11.8 Å². The van der Waals surface area contributed by atoms with Crippen LogP contribution in [0.25, 0.3) is 0 Å². The summed E-state index contributed by atoms with van der Waals surface area (Å²) in [6.07, 6.45) is 2.29. The lowest BCUT2D eigenvalue weighted by Crippen LogP contribution is -2.50. The second-order valence-electron chi connectivity index (χ2n) is 7.02. The van der Waals surface area contributed by atoms with Crippen molar-refractivity contribution in [2.75, 3.05) is 19.6 Å². The molecule has 2 amide bonds. The molecule has 0 aliphatic carbocycles. The van der Waals surface area contributed by atoms with Gasteiger partial charge in [-0.2, -0.15) is 0 Å². The Morgan fingerprint density at radius 1 is 1.29 bits per heavy atom. The average Bonchev–Trinajstić information content (AvgIpc) is 2.54. The summed E-state index contributed by atoms with van der Waals surface area (Å²) in [5, 5.41) is 10.1. The van der Waals surface area contributed by atoms with Gasteiger partial charge in [-0.25, -0.2) is 0 Å². The highest BCUT2D eigenvalue weighted by molar-refractivity contribution is 5.89. The minimum Gasteiger partial charge on any atom is -0.389 e. The van der Waals surface area contributed by atoms with E-state index in [1.54, 1.807) is 23.6 Å². The molecule has 132 valence electrons. The molecule has 1 fully saturated rings. The maximum atomic E-state index is 13.2. The minimum absolute atomic E-state index is 0.0303. The molecule has 0 spiro atoms. The standard InChI is InChI=1S/C19H28N2O3/c1-4-20(14-19(2,3)24)18(23)17(15-10-6-5-7-11-15)21-13-9-8-12-16(21)22/h5-7,10-11,17,24H,4,8-9,12-14H2,1-3H3. The smallest absolute Gasteiger partial charge is 0.250 e. The summed E-state index contributed by atoms with van der Waals surface area (Å²) in [6, 6.07) is 8.84. The molecule has 0 aromatic heterocycles. The summed E-state index contributed by atoms with van der Waals surface area (Å²) in [4.78, 5) is 29.0. The molecule has 5 nitrogen and oxygen atoms in total. The topological polar surface area (TPSA) is 60.9 Å². The van der Waals surface area contributed by atoms with Gasteiger partial charge in [0.25, 0.3) is 0 Å². The average molecular weight is 332 g/mol. The van der Waals surface area contributed by atoms with Crippen molar-refractivity contribution in [3.63, 3.8) is 0 Å². The first-order valence-electron chi connectivity index (χ1n) is 8.69. The predicted octanol–water partition coefficient (Wildman–Crippen LogP) is 2.36. The van der Waals surface area contributed by atoms with E-state index >= 15 is 0 Å². The SMILES string of the molecule is CCN(CC(C)(C)O)C(=O)C(c1ccccc1)N1CCCCC1=O. The maximum Gasteiger partial charge on any atom is 0.250 e. The summed E-state index contributed by atoms with van der Waals surface area (Å²) in [7, 11) is 0. The summed E-state index contributed by atoms with van der Waals surface area (Å²) in [5.41, 5.74) is -0.148. The maximum absolute atomic E-state index is 13.2. The number of benzene rings is 1. The van der Waals surface area contributed by atoms with Crippen LogP contribution in [0.4, 0.5) is 0 Å². The van der Waals surface area contributed by atoms with Crippen molar-refractivity contribution in [1.29, 1.82) is 0 Å². The summed E-state index contributed by atoms with van der Waals surface area (Å²) >= 11 is 0. The van der Waals surface area contributed by atoms with Crippen molar-refractivity contribution in [3.8, 4) is 0 Å². The van der Waals surface area contributed by atoms with Crippen LogP contribution in [0.5, 0.6) is 0 Å². The van der Waals surface area contributed by atoms with Crippen LogP contribution in [-0.4, -0.2) is 52.0 Å². The van der Waals surface area contributed by atoms with E-state index in [9.17, 15) is 14.7 Å². The second kappa shape index (κ2) is 7.79. The van der Waals surface area contributed by atoms with Crippen LogP contribution in [0, 0.1) is 0 Å². The fourth-order valence-electron chi connectivity index (χ4n) is 3.18. The zero-order valence-electron chi connectivity index (χ0n) is 14.9. The van der Waals surface area contributed by atoms with Crippen LogP contribution >= 0.6 is 0 Å². The first-order valence-corrected chi connectivity index (χ1v) is 8.69. The van der Waals surface area contributed by atoms with Crippen molar-refractivity contribution < 1.29 is 14.7 Å². The zero-order chi connectivity index (χ0) is 17.7. The van der Waals surface area contributed by atoms with Gasteiger partial charge in [0.2, 0.25) is 11.8 Å². The Labute approximate surface area is 144 Å². The lowest BCUT2D eigenvalue weighted by atomic mass is 9.99. The second-order valence-corrected chi connectivity index (χ2v) is 7.02. The van der Waals surface area contributed by atoms with Crippen LogP contribution < -0.4 is 0 Å². The van der Waals surface area contributed by atoms with Crippen LogP contribution in [0.15, 0.2) is 30.3 Å². The number of amides is 2. The van der Waals surface area contributed by atoms with Crippen LogP contribution in [0.2, 0.25) is 0 Å². The molecule has 5 heteroatoms. The zero-order valence-corrected chi connectivity index (χ0v) is 14.9. The van der Waals surface area contributed by atoms with Gasteiger partial charge < -0.3 is 14.9 Å². The lowest BCUT2D eigenvalue weighted by Gasteiger charge is -2.38. The van der Waals surface area contributed by atoms with E-state index in [4.69, 9.17) is 0 Å². The van der Waals surface area contributed by atoms with Gasteiger partial charge in [0, 0.05) is 26.1 Å². The molecule has 1 saturated heterocycles. The predicted molar refractivity (Wildman–Crippen MR) is 93.3 cm³/mol. The van der Waals surface area contributed by atoms with E-state index in [0.717, 1.165) is 18.4 Å². The Hall–Kier alpha value is -1.88. The number of hydrogen-bond donors (Lipinski definition) is 1. The van der Waals surface area contributed by atoms with E-state index < -0.39 is 11.6 Å². The Bertz CT molecular complexity index is 566. The molecule has 1 N–H and O–H groups in total. The third-order valence-corrected chi connectivity index (χ3v) is 4.29. The number of piperidine rings is 1. The van der Waals surface area contributed by atoms with Crippen molar-refractivity contribution in [3.05, 3.63) is 35.9 Å². The van der Waals surface area contributed by atoms with Crippen molar-refractivity contribution in [2.45, 2.75) is 51.7 Å². The number of likely N-dealkylation sites (N-methyl/N-ethyl adjacent to an activating group) is 1. The third-order valence-electron chi connectivity index (χ3n) is 4.29. The molecule has 1 aliphatic rings. The highest BCUT2D eigenvalue weighted by atomic mass is 16.3. The van der Waals surface area contributed by atoms with Gasteiger partial charge in [-0.3, -0.25) is 9.59 Å². The molecule has 1 aromatic rings. The van der Waals surface area contributed by atoms with Gasteiger partial charge in [-0.1, -0.05) is 30.3 Å². The minimum atomic E-state index is -0.973. The van der Waals surface area contributed by atoms with Gasteiger partial charge in [0.1, 0.15) is 6.04 Å². The quantitative estimate of drug-likeness (QED) is 0.870. The number of aliphatic hydroxyl groups is 1. The Balaban J connectivity index is 2.34. The van der Waals surface area contributed by atoms with E-state index in [2.05, 4.69) is 0 Å². The van der Waals surface area contributed by atoms with Gasteiger partial charge in [0.15, 0.2) is 0 Å². The number of hydrogen-bond acceptors (Lipinski definition) is 3. The lowest BCUT2D eigenvalue weighted by molar-refractivity contribution is -0.149. The van der Waals surface area contributed by atoms with Gasteiger partial charge >= 0.3 is 0 Å². The number of carbonyl (C=O) groups is 2. The van der Waals surface area contributed by atoms with Gasteiger partial charge in [-0.15, -0.1) is 0 Å². The third kappa shape index (κ3) is 4.57. The van der Waals surface area contributed by atoms with Gasteiger partial charge in [-0.05, 0) is 39.2 Å². The largest absolute Gasteiger partial charge is 0.389 e.